The van der Waals surface area contributed by atoms with Gasteiger partial charge in [-0.2, -0.15) is 0 Å². The Balaban J connectivity index is 1.99. The summed E-state index contributed by atoms with van der Waals surface area (Å²) >= 11 is 0. The van der Waals surface area contributed by atoms with Gasteiger partial charge >= 0.3 is 5.97 Å². The molecule has 0 radical (unpaired) electrons. The number of hydrogen-bond donors (Lipinski definition) is 1. The molecule has 0 aliphatic carbocycles. The molecule has 1 heterocycles. The van der Waals surface area contributed by atoms with E-state index in [4.69, 9.17) is 5.11 Å². The van der Waals surface area contributed by atoms with Crippen LogP contribution in [0.4, 0.5) is 5.69 Å². The predicted octanol–water partition coefficient (Wildman–Crippen LogP) is 1.93. The third kappa shape index (κ3) is 3.74. The van der Waals surface area contributed by atoms with Gasteiger partial charge in [0.25, 0.3) is 0 Å². The minimum absolute atomic E-state index is 0.0447. The minimum Gasteiger partial charge on any atom is -0.481 e. The Labute approximate surface area is 125 Å². The summed E-state index contributed by atoms with van der Waals surface area (Å²) in [4.78, 5) is 26.4. The standard InChI is InChI=1S/C16H22N2O3/c1-17(2)15(19)8-5-9-18-11-12(10-16(20)21)13-6-3-4-7-14(13)18/h3-4,6-7,12H,5,8-11H2,1-2H3,(H,20,21). The number of anilines is 1. The van der Waals surface area contributed by atoms with Crippen molar-refractivity contribution in [2.24, 2.45) is 0 Å². The number of carbonyl (C=O) groups is 2. The zero-order chi connectivity index (χ0) is 15.4. The van der Waals surface area contributed by atoms with E-state index in [1.165, 1.54) is 0 Å². The van der Waals surface area contributed by atoms with Crippen molar-refractivity contribution in [2.75, 3.05) is 32.1 Å². The molecule has 1 atom stereocenters. The van der Waals surface area contributed by atoms with E-state index in [0.717, 1.165) is 30.8 Å². The molecule has 0 aromatic heterocycles. The van der Waals surface area contributed by atoms with Gasteiger partial charge in [-0.25, -0.2) is 0 Å². The zero-order valence-electron chi connectivity index (χ0n) is 12.6. The van der Waals surface area contributed by atoms with Gasteiger partial charge in [-0.1, -0.05) is 18.2 Å². The smallest absolute Gasteiger partial charge is 0.304 e. The molecule has 114 valence electrons. The second-order valence-electron chi connectivity index (χ2n) is 5.69. The van der Waals surface area contributed by atoms with Crippen molar-refractivity contribution in [2.45, 2.75) is 25.2 Å². The van der Waals surface area contributed by atoms with Crippen LogP contribution in [0.15, 0.2) is 24.3 Å². The highest BCUT2D eigenvalue weighted by molar-refractivity contribution is 5.75. The minimum atomic E-state index is -0.764. The Hall–Kier alpha value is -2.04. The highest BCUT2D eigenvalue weighted by Crippen LogP contribution is 2.37. The topological polar surface area (TPSA) is 60.9 Å². The molecule has 1 N–H and O–H groups in total. The van der Waals surface area contributed by atoms with Crippen LogP contribution in [0.25, 0.3) is 0 Å². The third-order valence-electron chi connectivity index (χ3n) is 3.90. The summed E-state index contributed by atoms with van der Waals surface area (Å²) in [6.45, 7) is 1.51. The number of benzene rings is 1. The summed E-state index contributed by atoms with van der Waals surface area (Å²) < 4.78 is 0. The second-order valence-corrected chi connectivity index (χ2v) is 5.69. The van der Waals surface area contributed by atoms with Crippen molar-refractivity contribution in [1.29, 1.82) is 0 Å². The Morgan fingerprint density at radius 1 is 1.33 bits per heavy atom. The quantitative estimate of drug-likeness (QED) is 0.869. The number of para-hydroxylation sites is 1. The van der Waals surface area contributed by atoms with Crippen LogP contribution in [0.5, 0.6) is 0 Å². The van der Waals surface area contributed by atoms with Crippen molar-refractivity contribution in [3.63, 3.8) is 0 Å². The maximum absolute atomic E-state index is 11.6. The van der Waals surface area contributed by atoms with Gasteiger partial charge in [0.2, 0.25) is 5.91 Å². The van der Waals surface area contributed by atoms with E-state index in [2.05, 4.69) is 4.90 Å². The van der Waals surface area contributed by atoms with Gasteiger partial charge in [0, 0.05) is 45.2 Å². The van der Waals surface area contributed by atoms with Crippen molar-refractivity contribution >= 4 is 17.6 Å². The molecule has 0 saturated carbocycles. The lowest BCUT2D eigenvalue weighted by atomic mass is 9.98. The molecule has 1 aliphatic rings. The molecule has 1 unspecified atom stereocenters. The summed E-state index contributed by atoms with van der Waals surface area (Å²) in [6, 6.07) is 7.96. The van der Waals surface area contributed by atoms with Crippen LogP contribution in [0.2, 0.25) is 0 Å². The normalized spacial score (nSPS) is 16.7. The lowest BCUT2D eigenvalue weighted by Gasteiger charge is -2.20. The summed E-state index contributed by atoms with van der Waals surface area (Å²) in [5.74, 6) is -0.591. The van der Waals surface area contributed by atoms with Crippen LogP contribution in [0, 0.1) is 0 Å². The number of carboxylic acid groups (broad SMARTS) is 1. The van der Waals surface area contributed by atoms with Gasteiger partial charge < -0.3 is 14.9 Å². The van der Waals surface area contributed by atoms with Crippen molar-refractivity contribution in [3.8, 4) is 0 Å². The lowest BCUT2D eigenvalue weighted by molar-refractivity contribution is -0.137. The van der Waals surface area contributed by atoms with Gasteiger partial charge in [0.05, 0.1) is 6.42 Å². The molecule has 1 aromatic carbocycles. The Morgan fingerprint density at radius 2 is 2.05 bits per heavy atom. The van der Waals surface area contributed by atoms with Gasteiger partial charge in [-0.05, 0) is 18.1 Å². The number of carboxylic acids is 1. The number of amides is 1. The van der Waals surface area contributed by atoms with E-state index in [1.54, 1.807) is 19.0 Å². The Morgan fingerprint density at radius 3 is 2.71 bits per heavy atom. The molecule has 2 rings (SSSR count). The lowest BCUT2D eigenvalue weighted by Crippen LogP contribution is -2.26. The van der Waals surface area contributed by atoms with Gasteiger partial charge in [-0.3, -0.25) is 9.59 Å². The Bertz CT molecular complexity index is 528. The second kappa shape index (κ2) is 6.61. The van der Waals surface area contributed by atoms with Gasteiger partial charge in [0.1, 0.15) is 0 Å². The summed E-state index contributed by atoms with van der Waals surface area (Å²) in [5.41, 5.74) is 2.22. The molecule has 5 heteroatoms. The third-order valence-corrected chi connectivity index (χ3v) is 3.90. The van der Waals surface area contributed by atoms with E-state index in [-0.39, 0.29) is 18.2 Å². The molecule has 1 aromatic rings. The highest BCUT2D eigenvalue weighted by atomic mass is 16.4. The SMILES string of the molecule is CN(C)C(=O)CCCN1CC(CC(=O)O)c2ccccc21. The molecule has 21 heavy (non-hydrogen) atoms. The van der Waals surface area contributed by atoms with Crippen molar-refractivity contribution in [1.82, 2.24) is 4.90 Å². The number of nitrogens with zero attached hydrogens (tertiary/aromatic N) is 2. The van der Waals surface area contributed by atoms with Crippen LogP contribution in [0.1, 0.15) is 30.7 Å². The fourth-order valence-corrected chi connectivity index (χ4v) is 2.83. The zero-order valence-corrected chi connectivity index (χ0v) is 12.6. The molecule has 0 bridgehead atoms. The van der Waals surface area contributed by atoms with Crippen LogP contribution in [0.3, 0.4) is 0 Å². The van der Waals surface area contributed by atoms with Crippen molar-refractivity contribution in [3.05, 3.63) is 29.8 Å². The fourth-order valence-electron chi connectivity index (χ4n) is 2.83. The molecule has 1 aliphatic heterocycles. The maximum Gasteiger partial charge on any atom is 0.304 e. The molecule has 5 nitrogen and oxygen atoms in total. The highest BCUT2D eigenvalue weighted by Gasteiger charge is 2.29. The molecule has 0 saturated heterocycles. The number of rotatable bonds is 6. The summed E-state index contributed by atoms with van der Waals surface area (Å²) in [6.07, 6.45) is 1.46. The van der Waals surface area contributed by atoms with Crippen LogP contribution < -0.4 is 4.90 Å². The van der Waals surface area contributed by atoms with Crippen molar-refractivity contribution < 1.29 is 14.7 Å². The maximum atomic E-state index is 11.6. The largest absolute Gasteiger partial charge is 0.481 e. The number of aliphatic carboxylic acids is 1. The number of fused-ring (bicyclic) bond motifs is 1. The first-order valence-electron chi connectivity index (χ1n) is 7.25. The summed E-state index contributed by atoms with van der Waals surface area (Å²) in [5, 5.41) is 9.03. The van der Waals surface area contributed by atoms with E-state index in [1.807, 2.05) is 24.3 Å². The number of hydrogen-bond acceptors (Lipinski definition) is 3. The van der Waals surface area contributed by atoms with E-state index < -0.39 is 5.97 Å². The van der Waals surface area contributed by atoms with Gasteiger partial charge in [0.15, 0.2) is 0 Å². The fraction of sp³-hybridized carbons (Fsp3) is 0.500. The van der Waals surface area contributed by atoms with Crippen LogP contribution in [-0.2, 0) is 9.59 Å². The first-order chi connectivity index (χ1) is 9.99. The first-order valence-corrected chi connectivity index (χ1v) is 7.25. The Kier molecular flexibility index (Phi) is 4.83. The van der Waals surface area contributed by atoms with E-state index in [0.29, 0.717) is 6.42 Å². The first kappa shape index (κ1) is 15.4. The summed E-state index contributed by atoms with van der Waals surface area (Å²) in [7, 11) is 3.52. The van der Waals surface area contributed by atoms with Crippen LogP contribution in [-0.4, -0.2) is 49.1 Å². The molecule has 0 spiro atoms. The molecule has 0 fully saturated rings. The average molecular weight is 290 g/mol. The molecular formula is C16H22N2O3. The molecular weight excluding hydrogens is 268 g/mol. The van der Waals surface area contributed by atoms with Gasteiger partial charge in [-0.15, -0.1) is 0 Å². The predicted molar refractivity (Wildman–Crippen MR) is 81.6 cm³/mol. The molecule has 1 amide bonds. The monoisotopic (exact) mass is 290 g/mol. The van der Waals surface area contributed by atoms with Crippen LogP contribution >= 0.6 is 0 Å². The average Bonchev–Trinajstić information content (AvgIpc) is 2.76. The van der Waals surface area contributed by atoms with E-state index >= 15 is 0 Å². The van der Waals surface area contributed by atoms with E-state index in [9.17, 15) is 9.59 Å². The number of carbonyl (C=O) groups excluding carboxylic acids is 1.